The molecule has 2 aliphatic rings. The van der Waals surface area contributed by atoms with Gasteiger partial charge in [0, 0.05) is 25.3 Å². The van der Waals surface area contributed by atoms with Crippen LogP contribution in [0.5, 0.6) is 5.75 Å². The van der Waals surface area contributed by atoms with Gasteiger partial charge in [-0.2, -0.15) is 5.26 Å². The fourth-order valence-corrected chi connectivity index (χ4v) is 3.56. The summed E-state index contributed by atoms with van der Waals surface area (Å²) in [6.07, 6.45) is 4.11. The number of hydrogen-bond donors (Lipinski definition) is 2. The van der Waals surface area contributed by atoms with E-state index in [4.69, 9.17) is 4.74 Å². The number of para-hydroxylation sites is 1. The van der Waals surface area contributed by atoms with Crippen molar-refractivity contribution in [3.63, 3.8) is 0 Å². The maximum Gasteiger partial charge on any atom is 0.235 e. The molecule has 0 spiro atoms. The number of ether oxygens (including phenoxy) is 1. The van der Waals surface area contributed by atoms with Crippen molar-refractivity contribution in [3.05, 3.63) is 29.8 Å². The molecular formula is C20H27N3O3. The Bertz CT molecular complexity index is 677. The molecule has 0 bridgehead atoms. The summed E-state index contributed by atoms with van der Waals surface area (Å²) in [5, 5.41) is 22.4. The lowest BCUT2D eigenvalue weighted by atomic mass is 9.98. The first-order valence-electron chi connectivity index (χ1n) is 9.33. The smallest absolute Gasteiger partial charge is 0.235 e. The highest BCUT2D eigenvalue weighted by Crippen LogP contribution is 2.39. The minimum Gasteiger partial charge on any atom is -0.508 e. The van der Waals surface area contributed by atoms with E-state index in [0.29, 0.717) is 13.1 Å². The van der Waals surface area contributed by atoms with Gasteiger partial charge >= 0.3 is 0 Å². The first kappa shape index (κ1) is 18.7. The molecule has 26 heavy (non-hydrogen) atoms. The van der Waals surface area contributed by atoms with E-state index >= 15 is 0 Å². The highest BCUT2D eigenvalue weighted by molar-refractivity contribution is 5.79. The minimum absolute atomic E-state index is 0.111. The van der Waals surface area contributed by atoms with Crippen LogP contribution in [-0.4, -0.2) is 47.3 Å². The maximum absolute atomic E-state index is 12.6. The van der Waals surface area contributed by atoms with Gasteiger partial charge in [-0.3, -0.25) is 9.69 Å². The van der Waals surface area contributed by atoms with E-state index in [9.17, 15) is 15.2 Å². The first-order valence-corrected chi connectivity index (χ1v) is 9.33. The second-order valence-electron chi connectivity index (χ2n) is 7.57. The molecule has 6 heteroatoms. The normalized spacial score (nSPS) is 22.0. The van der Waals surface area contributed by atoms with Gasteiger partial charge < -0.3 is 15.2 Å². The van der Waals surface area contributed by atoms with Gasteiger partial charge in [0.2, 0.25) is 5.91 Å². The Morgan fingerprint density at radius 3 is 2.81 bits per heavy atom. The Hall–Kier alpha value is -2.10. The molecule has 3 rings (SSSR count). The Labute approximate surface area is 154 Å². The van der Waals surface area contributed by atoms with Crippen molar-refractivity contribution < 1.29 is 14.6 Å². The Morgan fingerprint density at radius 2 is 2.19 bits per heavy atom. The Morgan fingerprint density at radius 1 is 1.42 bits per heavy atom. The quantitative estimate of drug-likeness (QED) is 0.745. The Kier molecular flexibility index (Phi) is 5.80. The number of phenolic OH excluding ortho intramolecular Hbond substituents is 1. The summed E-state index contributed by atoms with van der Waals surface area (Å²) in [4.78, 5) is 14.6. The van der Waals surface area contributed by atoms with E-state index in [1.54, 1.807) is 19.1 Å². The molecule has 2 N–H and O–H groups in total. The van der Waals surface area contributed by atoms with Gasteiger partial charge in [-0.15, -0.1) is 0 Å². The van der Waals surface area contributed by atoms with Crippen LogP contribution < -0.4 is 5.32 Å². The number of carbonyl (C=O) groups is 1. The number of nitrogens with one attached hydrogen (secondary N) is 1. The second-order valence-corrected chi connectivity index (χ2v) is 7.57. The molecule has 0 radical (unpaired) electrons. The highest BCUT2D eigenvalue weighted by atomic mass is 16.5. The summed E-state index contributed by atoms with van der Waals surface area (Å²) in [5.74, 6) is 0.320. The highest BCUT2D eigenvalue weighted by Gasteiger charge is 2.43. The summed E-state index contributed by atoms with van der Waals surface area (Å²) in [7, 11) is 0. The molecule has 1 saturated heterocycles. The van der Waals surface area contributed by atoms with Gasteiger partial charge in [-0.25, -0.2) is 0 Å². The largest absolute Gasteiger partial charge is 0.508 e. The Balaban J connectivity index is 1.65. The van der Waals surface area contributed by atoms with Crippen LogP contribution in [0, 0.1) is 17.2 Å². The van der Waals surface area contributed by atoms with Gasteiger partial charge in [-0.1, -0.05) is 18.2 Å². The minimum atomic E-state index is -0.790. The lowest BCUT2D eigenvalue weighted by molar-refractivity contribution is -0.124. The number of hydrogen-bond acceptors (Lipinski definition) is 5. The molecule has 1 amide bonds. The van der Waals surface area contributed by atoms with Crippen LogP contribution in [0.15, 0.2) is 24.3 Å². The van der Waals surface area contributed by atoms with Crippen LogP contribution in [0.2, 0.25) is 0 Å². The van der Waals surface area contributed by atoms with Gasteiger partial charge in [-0.05, 0) is 44.6 Å². The summed E-state index contributed by atoms with van der Waals surface area (Å²) >= 11 is 0. The van der Waals surface area contributed by atoms with E-state index < -0.39 is 5.54 Å². The molecule has 1 aliphatic heterocycles. The molecule has 2 atom stereocenters. The third kappa shape index (κ3) is 4.75. The average molecular weight is 357 g/mol. The van der Waals surface area contributed by atoms with Crippen molar-refractivity contribution in [2.24, 2.45) is 5.92 Å². The molecule has 1 aromatic carbocycles. The lowest BCUT2D eigenvalue weighted by Crippen LogP contribution is -2.50. The molecular weight excluding hydrogens is 330 g/mol. The molecule has 2 fully saturated rings. The molecule has 1 heterocycles. The van der Waals surface area contributed by atoms with Crippen LogP contribution in [-0.2, 0) is 16.1 Å². The number of rotatable bonds is 8. The van der Waals surface area contributed by atoms with Crippen molar-refractivity contribution in [1.82, 2.24) is 10.2 Å². The van der Waals surface area contributed by atoms with E-state index in [1.165, 1.54) is 0 Å². The fourth-order valence-electron chi connectivity index (χ4n) is 3.56. The zero-order valence-electron chi connectivity index (χ0n) is 15.3. The van der Waals surface area contributed by atoms with Crippen molar-refractivity contribution in [2.45, 2.75) is 50.8 Å². The summed E-state index contributed by atoms with van der Waals surface area (Å²) < 4.78 is 5.72. The lowest BCUT2D eigenvalue weighted by Gasteiger charge is -2.28. The standard InChI is InChI=1S/C20H27N3O3/c1-20(14-21,16-8-9-16)22-19(25)13-23(12-17-6-4-10-26-17)11-15-5-2-3-7-18(15)24/h2-3,5,7,16-17,24H,4,6,8-13H2,1H3,(H,22,25). The van der Waals surface area contributed by atoms with E-state index in [2.05, 4.69) is 11.4 Å². The van der Waals surface area contributed by atoms with Crippen molar-refractivity contribution in [2.75, 3.05) is 19.7 Å². The zero-order valence-corrected chi connectivity index (χ0v) is 15.3. The number of aromatic hydroxyl groups is 1. The number of carbonyl (C=O) groups excluding carboxylic acids is 1. The third-order valence-electron chi connectivity index (χ3n) is 5.26. The van der Waals surface area contributed by atoms with Crippen LogP contribution >= 0.6 is 0 Å². The van der Waals surface area contributed by atoms with Crippen LogP contribution in [0.25, 0.3) is 0 Å². The zero-order chi connectivity index (χ0) is 18.6. The SMILES string of the molecule is CC(C#N)(NC(=O)CN(Cc1ccccc1O)CC1CCCO1)C1CC1. The van der Waals surface area contributed by atoms with Crippen molar-refractivity contribution >= 4 is 5.91 Å². The number of phenols is 1. The maximum atomic E-state index is 12.6. The molecule has 1 aliphatic carbocycles. The first-order chi connectivity index (χ1) is 12.5. The fraction of sp³-hybridized carbons (Fsp3) is 0.600. The monoisotopic (exact) mass is 357 g/mol. The van der Waals surface area contributed by atoms with Gasteiger partial charge in [0.1, 0.15) is 11.3 Å². The van der Waals surface area contributed by atoms with Gasteiger partial charge in [0.05, 0.1) is 18.7 Å². The van der Waals surface area contributed by atoms with Gasteiger partial charge in [0.25, 0.3) is 0 Å². The number of nitrogens with zero attached hydrogens (tertiary/aromatic N) is 2. The molecule has 1 aromatic rings. The van der Waals surface area contributed by atoms with E-state index in [1.807, 2.05) is 17.0 Å². The third-order valence-corrected chi connectivity index (χ3v) is 5.26. The number of nitriles is 1. The van der Waals surface area contributed by atoms with Crippen LogP contribution in [0.4, 0.5) is 0 Å². The predicted octanol–water partition coefficient (Wildman–Crippen LogP) is 2.18. The molecule has 2 unspecified atom stereocenters. The van der Waals surface area contributed by atoms with Crippen LogP contribution in [0.3, 0.4) is 0 Å². The van der Waals surface area contributed by atoms with E-state index in [0.717, 1.165) is 37.9 Å². The van der Waals surface area contributed by atoms with Gasteiger partial charge in [0.15, 0.2) is 0 Å². The average Bonchev–Trinajstić information content (AvgIpc) is 3.36. The summed E-state index contributed by atoms with van der Waals surface area (Å²) in [5.41, 5.74) is -0.00913. The van der Waals surface area contributed by atoms with E-state index in [-0.39, 0.29) is 30.2 Å². The molecule has 140 valence electrons. The predicted molar refractivity (Wildman–Crippen MR) is 97.2 cm³/mol. The van der Waals surface area contributed by atoms with Crippen molar-refractivity contribution in [3.8, 4) is 11.8 Å². The second kappa shape index (κ2) is 8.07. The van der Waals surface area contributed by atoms with Crippen molar-refractivity contribution in [1.29, 1.82) is 5.26 Å². The number of amides is 1. The molecule has 0 aromatic heterocycles. The number of benzene rings is 1. The molecule has 1 saturated carbocycles. The summed E-state index contributed by atoms with van der Waals surface area (Å²) in [6.45, 7) is 3.84. The molecule has 6 nitrogen and oxygen atoms in total. The topological polar surface area (TPSA) is 85.6 Å². The van der Waals surface area contributed by atoms with Crippen LogP contribution in [0.1, 0.15) is 38.2 Å². The summed E-state index contributed by atoms with van der Waals surface area (Å²) in [6, 6.07) is 9.43.